The molecule has 5 heteroatoms. The highest BCUT2D eigenvalue weighted by molar-refractivity contribution is 7.46. The molecule has 0 aromatic heterocycles. The molecule has 0 saturated carbocycles. The van der Waals surface area contributed by atoms with Crippen LogP contribution in [-0.4, -0.2) is 15.4 Å². The van der Waals surface area contributed by atoms with Crippen LogP contribution in [0.1, 0.15) is 32.6 Å². The molecule has 0 atom stereocenters. The van der Waals surface area contributed by atoms with E-state index in [2.05, 4.69) is 13.2 Å². The molecule has 88 valence electrons. The third kappa shape index (κ3) is 5.90. The maximum atomic E-state index is 10.9. The normalized spacial score (nSPS) is 12.5. The number of rotatable bonds is 8. The van der Waals surface area contributed by atoms with E-state index in [4.69, 9.17) is 14.3 Å². The first-order valence-corrected chi connectivity index (χ1v) is 6.40. The second-order valence-electron chi connectivity index (χ2n) is 3.50. The van der Waals surface area contributed by atoms with E-state index in [1.165, 1.54) is 0 Å². The van der Waals surface area contributed by atoms with Crippen molar-refractivity contribution in [2.75, 3.05) is 0 Å². The van der Waals surface area contributed by atoms with Crippen molar-refractivity contribution in [3.05, 3.63) is 25.3 Å². The van der Waals surface area contributed by atoms with Crippen LogP contribution in [0.5, 0.6) is 0 Å². The molecule has 2 N–H and O–H groups in total. The molecule has 0 heterocycles. The van der Waals surface area contributed by atoms with Gasteiger partial charge in [0, 0.05) is 0 Å². The van der Waals surface area contributed by atoms with E-state index in [0.29, 0.717) is 19.3 Å². The van der Waals surface area contributed by atoms with Gasteiger partial charge in [-0.25, -0.2) is 4.57 Å². The Balaban J connectivity index is 4.82. The molecule has 4 nitrogen and oxygen atoms in total. The first kappa shape index (κ1) is 14.6. The van der Waals surface area contributed by atoms with Crippen molar-refractivity contribution in [3.8, 4) is 0 Å². The number of hydrogen-bond donors (Lipinski definition) is 2. The van der Waals surface area contributed by atoms with E-state index < -0.39 is 13.4 Å². The third-order valence-electron chi connectivity index (χ3n) is 2.05. The maximum Gasteiger partial charge on any atom is 0.470 e. The standard InChI is InChI=1S/C10H19O4P/c1-4-7-10(8-5-2,9-6-3)14-15(11,12)13/h4-5H,1-2,6-9H2,3H3,(H2,11,12,13). The highest BCUT2D eigenvalue weighted by Crippen LogP contribution is 2.46. The van der Waals surface area contributed by atoms with Gasteiger partial charge in [-0.3, -0.25) is 4.52 Å². The van der Waals surface area contributed by atoms with E-state index in [0.717, 1.165) is 6.42 Å². The van der Waals surface area contributed by atoms with Crippen LogP contribution in [0.3, 0.4) is 0 Å². The Labute approximate surface area is 90.9 Å². The van der Waals surface area contributed by atoms with Gasteiger partial charge in [-0.2, -0.15) is 0 Å². The van der Waals surface area contributed by atoms with Gasteiger partial charge in [-0.15, -0.1) is 13.2 Å². The van der Waals surface area contributed by atoms with Crippen LogP contribution in [0.15, 0.2) is 25.3 Å². The van der Waals surface area contributed by atoms with Gasteiger partial charge >= 0.3 is 7.82 Å². The molecule has 0 aliphatic heterocycles. The minimum atomic E-state index is -4.47. The molecule has 0 aromatic carbocycles. The summed E-state index contributed by atoms with van der Waals surface area (Å²) < 4.78 is 15.7. The summed E-state index contributed by atoms with van der Waals surface area (Å²) in [7, 11) is -4.47. The summed E-state index contributed by atoms with van der Waals surface area (Å²) in [6, 6.07) is 0. The van der Waals surface area contributed by atoms with Crippen molar-refractivity contribution >= 4 is 7.82 Å². The maximum absolute atomic E-state index is 10.9. The Bertz CT molecular complexity index is 246. The lowest BCUT2D eigenvalue weighted by molar-refractivity contribution is 0.0304. The summed E-state index contributed by atoms with van der Waals surface area (Å²) >= 11 is 0. The molecular weight excluding hydrogens is 215 g/mol. The SMILES string of the molecule is C=CCC(CC=C)(CCC)OP(=O)(O)O. The summed E-state index contributed by atoms with van der Waals surface area (Å²) in [5.41, 5.74) is -0.864. The molecule has 0 fully saturated rings. The van der Waals surface area contributed by atoms with Crippen LogP contribution in [-0.2, 0) is 9.09 Å². The van der Waals surface area contributed by atoms with Crippen molar-refractivity contribution in [1.82, 2.24) is 0 Å². The van der Waals surface area contributed by atoms with Crippen LogP contribution in [0.2, 0.25) is 0 Å². The summed E-state index contributed by atoms with van der Waals surface area (Å²) in [6.45, 7) is 9.08. The summed E-state index contributed by atoms with van der Waals surface area (Å²) in [5, 5.41) is 0. The first-order chi connectivity index (χ1) is 6.89. The van der Waals surface area contributed by atoms with Gasteiger partial charge in [-0.05, 0) is 19.3 Å². The molecule has 0 radical (unpaired) electrons. The predicted molar refractivity (Wildman–Crippen MR) is 60.4 cm³/mol. The largest absolute Gasteiger partial charge is 0.470 e. The van der Waals surface area contributed by atoms with Gasteiger partial charge in [0.15, 0.2) is 0 Å². The Morgan fingerprint density at radius 3 is 2.07 bits per heavy atom. The van der Waals surface area contributed by atoms with E-state index in [1.807, 2.05) is 6.92 Å². The topological polar surface area (TPSA) is 66.8 Å². The molecule has 0 aromatic rings. The highest BCUT2D eigenvalue weighted by Gasteiger charge is 2.34. The van der Waals surface area contributed by atoms with Crippen molar-refractivity contribution in [2.24, 2.45) is 0 Å². The molecular formula is C10H19O4P. The van der Waals surface area contributed by atoms with Crippen molar-refractivity contribution in [2.45, 2.75) is 38.2 Å². The van der Waals surface area contributed by atoms with E-state index in [-0.39, 0.29) is 0 Å². The number of phosphoric ester groups is 1. The first-order valence-electron chi connectivity index (χ1n) is 4.87. The molecule has 0 saturated heterocycles. The van der Waals surface area contributed by atoms with Gasteiger partial charge in [-0.1, -0.05) is 25.5 Å². The summed E-state index contributed by atoms with van der Waals surface area (Å²) in [6.07, 6.45) is 5.36. The Morgan fingerprint density at radius 1 is 1.33 bits per heavy atom. The Kier molecular flexibility index (Phi) is 6.06. The smallest absolute Gasteiger partial charge is 0.303 e. The second-order valence-corrected chi connectivity index (χ2v) is 4.66. The molecule has 0 aliphatic carbocycles. The lowest BCUT2D eigenvalue weighted by atomic mass is 9.91. The summed E-state index contributed by atoms with van der Waals surface area (Å²) in [4.78, 5) is 17.7. The summed E-state index contributed by atoms with van der Waals surface area (Å²) in [5.74, 6) is 0. The molecule has 0 unspecified atom stereocenters. The van der Waals surface area contributed by atoms with E-state index in [1.54, 1.807) is 12.2 Å². The lowest BCUT2D eigenvalue weighted by Crippen LogP contribution is -2.30. The van der Waals surface area contributed by atoms with Crippen LogP contribution in [0.4, 0.5) is 0 Å². The minimum absolute atomic E-state index is 0.401. The van der Waals surface area contributed by atoms with Gasteiger partial charge in [0.05, 0.1) is 5.60 Å². The van der Waals surface area contributed by atoms with Crippen molar-refractivity contribution in [3.63, 3.8) is 0 Å². The minimum Gasteiger partial charge on any atom is -0.303 e. The average molecular weight is 234 g/mol. The van der Waals surface area contributed by atoms with Crippen molar-refractivity contribution < 1.29 is 18.9 Å². The third-order valence-corrected chi connectivity index (χ3v) is 2.68. The van der Waals surface area contributed by atoms with Gasteiger partial charge < -0.3 is 9.79 Å². The van der Waals surface area contributed by atoms with Gasteiger partial charge in [0.1, 0.15) is 0 Å². The predicted octanol–water partition coefficient (Wildman–Crippen LogP) is 2.79. The van der Waals surface area contributed by atoms with Crippen molar-refractivity contribution in [1.29, 1.82) is 0 Å². The molecule has 0 spiro atoms. The molecule has 15 heavy (non-hydrogen) atoms. The van der Waals surface area contributed by atoms with E-state index >= 15 is 0 Å². The van der Waals surface area contributed by atoms with Gasteiger partial charge in [0.25, 0.3) is 0 Å². The van der Waals surface area contributed by atoms with Crippen LogP contribution in [0, 0.1) is 0 Å². The Hall–Kier alpha value is -0.410. The fourth-order valence-corrected chi connectivity index (χ4v) is 2.39. The molecule has 0 rings (SSSR count). The molecule has 0 aliphatic rings. The lowest BCUT2D eigenvalue weighted by Gasteiger charge is -2.31. The van der Waals surface area contributed by atoms with Gasteiger partial charge in [0.2, 0.25) is 0 Å². The van der Waals surface area contributed by atoms with Crippen LogP contribution < -0.4 is 0 Å². The average Bonchev–Trinajstić information content (AvgIpc) is 2.01. The zero-order valence-electron chi connectivity index (χ0n) is 9.06. The zero-order chi connectivity index (χ0) is 11.9. The van der Waals surface area contributed by atoms with E-state index in [9.17, 15) is 4.57 Å². The monoisotopic (exact) mass is 234 g/mol. The zero-order valence-corrected chi connectivity index (χ0v) is 9.95. The molecule has 0 bridgehead atoms. The fraction of sp³-hybridized carbons (Fsp3) is 0.600. The number of phosphoric acid groups is 1. The highest BCUT2D eigenvalue weighted by atomic mass is 31.2. The fourth-order valence-electron chi connectivity index (χ4n) is 1.64. The Morgan fingerprint density at radius 2 is 1.80 bits per heavy atom. The molecule has 0 amide bonds. The van der Waals surface area contributed by atoms with Crippen LogP contribution in [0.25, 0.3) is 0 Å². The second kappa shape index (κ2) is 6.23. The number of hydrogen-bond acceptors (Lipinski definition) is 2. The van der Waals surface area contributed by atoms with Crippen LogP contribution >= 0.6 is 7.82 Å². The quantitative estimate of drug-likeness (QED) is 0.500.